The molecule has 18 heavy (non-hydrogen) atoms. The summed E-state index contributed by atoms with van der Waals surface area (Å²) in [6, 6.07) is 0. The largest absolute Gasteiger partial charge is 0.381 e. The van der Waals surface area contributed by atoms with E-state index in [4.69, 9.17) is 16.2 Å². The fraction of sp³-hybridized carbons (Fsp3) is 0.833. The lowest BCUT2D eigenvalue weighted by molar-refractivity contribution is -0.143. The molecule has 0 aliphatic carbocycles. The molecule has 2 aliphatic rings. The predicted octanol–water partition coefficient (Wildman–Crippen LogP) is -0.782. The summed E-state index contributed by atoms with van der Waals surface area (Å²) in [5.74, 6) is -0.373. The van der Waals surface area contributed by atoms with Crippen LogP contribution in [-0.4, -0.2) is 48.6 Å². The van der Waals surface area contributed by atoms with Crippen molar-refractivity contribution in [2.24, 2.45) is 17.4 Å². The highest BCUT2D eigenvalue weighted by Gasteiger charge is 2.40. The number of ether oxygens (including phenoxy) is 1. The van der Waals surface area contributed by atoms with E-state index >= 15 is 0 Å². The van der Waals surface area contributed by atoms with E-state index in [9.17, 15) is 9.59 Å². The van der Waals surface area contributed by atoms with Crippen LogP contribution in [-0.2, 0) is 14.3 Å². The third kappa shape index (κ3) is 2.64. The number of rotatable bonds is 2. The van der Waals surface area contributed by atoms with Crippen molar-refractivity contribution >= 4 is 11.8 Å². The number of carbonyl (C=O) groups is 2. The Morgan fingerprint density at radius 3 is 2.22 bits per heavy atom. The van der Waals surface area contributed by atoms with Gasteiger partial charge in [-0.25, -0.2) is 0 Å². The molecule has 2 fully saturated rings. The predicted molar refractivity (Wildman–Crippen MR) is 65.5 cm³/mol. The minimum atomic E-state index is -0.780. The number of likely N-dealkylation sites (tertiary alicyclic amines) is 1. The molecular weight excluding hydrogens is 234 g/mol. The van der Waals surface area contributed by atoms with Gasteiger partial charge in [0.15, 0.2) is 0 Å². The maximum Gasteiger partial charge on any atom is 0.242 e. The summed E-state index contributed by atoms with van der Waals surface area (Å²) in [6.07, 6.45) is 2.43. The van der Waals surface area contributed by atoms with Crippen LogP contribution in [0.1, 0.15) is 25.7 Å². The van der Waals surface area contributed by atoms with Gasteiger partial charge in [-0.05, 0) is 25.7 Å². The standard InChI is InChI=1S/C12H21N3O3/c13-10(16)9-1-5-15(6-2-9)11(17)12(14)3-7-18-8-4-12/h9H,1-8,14H2,(H2,13,16). The van der Waals surface area contributed by atoms with E-state index < -0.39 is 5.54 Å². The topological polar surface area (TPSA) is 98.7 Å². The summed E-state index contributed by atoms with van der Waals surface area (Å²) >= 11 is 0. The molecule has 2 aliphatic heterocycles. The Balaban J connectivity index is 1.92. The van der Waals surface area contributed by atoms with Crippen molar-refractivity contribution in [1.82, 2.24) is 4.90 Å². The van der Waals surface area contributed by atoms with E-state index in [1.807, 2.05) is 0 Å². The van der Waals surface area contributed by atoms with Gasteiger partial charge in [-0.3, -0.25) is 9.59 Å². The first-order chi connectivity index (χ1) is 8.53. The van der Waals surface area contributed by atoms with E-state index in [0.29, 0.717) is 52.0 Å². The Bertz CT molecular complexity index is 331. The van der Waals surface area contributed by atoms with Gasteiger partial charge < -0.3 is 21.1 Å². The third-order valence-electron chi connectivity index (χ3n) is 4.00. The molecule has 102 valence electrons. The number of carbonyl (C=O) groups excluding carboxylic acids is 2. The van der Waals surface area contributed by atoms with Gasteiger partial charge in [0.25, 0.3) is 0 Å². The molecule has 4 N–H and O–H groups in total. The maximum atomic E-state index is 12.4. The Hall–Kier alpha value is -1.14. The summed E-state index contributed by atoms with van der Waals surface area (Å²) in [5, 5.41) is 0. The van der Waals surface area contributed by atoms with Crippen LogP contribution in [0.15, 0.2) is 0 Å². The third-order valence-corrected chi connectivity index (χ3v) is 4.00. The SMILES string of the molecule is NC(=O)C1CCN(C(=O)C2(N)CCOCC2)CC1. The molecule has 0 spiro atoms. The minimum absolute atomic E-state index is 0.00581. The highest BCUT2D eigenvalue weighted by Crippen LogP contribution is 2.24. The van der Waals surface area contributed by atoms with E-state index in [0.717, 1.165) is 0 Å². The van der Waals surface area contributed by atoms with Crippen LogP contribution in [0.5, 0.6) is 0 Å². The first-order valence-corrected chi connectivity index (χ1v) is 6.48. The number of hydrogen-bond acceptors (Lipinski definition) is 4. The van der Waals surface area contributed by atoms with E-state index in [-0.39, 0.29) is 17.7 Å². The van der Waals surface area contributed by atoms with Gasteiger partial charge in [-0.2, -0.15) is 0 Å². The Morgan fingerprint density at radius 1 is 1.17 bits per heavy atom. The average Bonchev–Trinajstić information content (AvgIpc) is 2.39. The summed E-state index contributed by atoms with van der Waals surface area (Å²) in [5.41, 5.74) is 10.7. The van der Waals surface area contributed by atoms with Crippen LogP contribution in [0.3, 0.4) is 0 Å². The molecular formula is C12H21N3O3. The lowest BCUT2D eigenvalue weighted by Crippen LogP contribution is -2.59. The van der Waals surface area contributed by atoms with Gasteiger partial charge in [0.2, 0.25) is 11.8 Å². The van der Waals surface area contributed by atoms with Gasteiger partial charge >= 0.3 is 0 Å². The molecule has 2 rings (SSSR count). The van der Waals surface area contributed by atoms with Crippen molar-refractivity contribution < 1.29 is 14.3 Å². The monoisotopic (exact) mass is 255 g/mol. The molecule has 0 aromatic rings. The number of primary amides is 1. The normalized spacial score (nSPS) is 24.8. The van der Waals surface area contributed by atoms with Gasteiger partial charge in [-0.15, -0.1) is 0 Å². The molecule has 0 radical (unpaired) electrons. The van der Waals surface area contributed by atoms with Gasteiger partial charge in [0.05, 0.1) is 5.54 Å². The van der Waals surface area contributed by atoms with Gasteiger partial charge in [-0.1, -0.05) is 0 Å². The number of nitrogens with zero attached hydrogens (tertiary/aromatic N) is 1. The number of hydrogen-bond donors (Lipinski definition) is 2. The summed E-state index contributed by atoms with van der Waals surface area (Å²) < 4.78 is 5.24. The first kappa shape index (κ1) is 13.3. The smallest absolute Gasteiger partial charge is 0.242 e. The van der Waals surface area contributed by atoms with Crippen LogP contribution in [0.2, 0.25) is 0 Å². The molecule has 2 amide bonds. The lowest BCUT2D eigenvalue weighted by atomic mass is 9.88. The van der Waals surface area contributed by atoms with Crippen molar-refractivity contribution in [1.29, 1.82) is 0 Å². The van der Waals surface area contributed by atoms with E-state index in [2.05, 4.69) is 0 Å². The zero-order valence-electron chi connectivity index (χ0n) is 10.6. The second kappa shape index (κ2) is 5.24. The van der Waals surface area contributed by atoms with Crippen LogP contribution >= 0.6 is 0 Å². The van der Waals surface area contributed by atoms with E-state index in [1.54, 1.807) is 4.90 Å². The summed E-state index contributed by atoms with van der Waals surface area (Å²) in [6.45, 7) is 2.23. The van der Waals surface area contributed by atoms with Crippen LogP contribution in [0.4, 0.5) is 0 Å². The minimum Gasteiger partial charge on any atom is -0.381 e. The van der Waals surface area contributed by atoms with E-state index in [1.165, 1.54) is 0 Å². The van der Waals surface area contributed by atoms with Crippen molar-refractivity contribution in [3.63, 3.8) is 0 Å². The fourth-order valence-electron chi connectivity index (χ4n) is 2.63. The Labute approximate surface area is 107 Å². The first-order valence-electron chi connectivity index (χ1n) is 6.48. The molecule has 0 aromatic heterocycles. The summed E-state index contributed by atoms with van der Waals surface area (Å²) in [7, 11) is 0. The highest BCUT2D eigenvalue weighted by molar-refractivity contribution is 5.86. The maximum absolute atomic E-state index is 12.4. The molecule has 0 bridgehead atoms. The van der Waals surface area contributed by atoms with Crippen LogP contribution in [0, 0.1) is 5.92 Å². The molecule has 6 heteroatoms. The van der Waals surface area contributed by atoms with Crippen molar-refractivity contribution in [3.05, 3.63) is 0 Å². The number of piperidine rings is 1. The quantitative estimate of drug-likeness (QED) is 0.676. The Kier molecular flexibility index (Phi) is 3.87. The average molecular weight is 255 g/mol. The Morgan fingerprint density at radius 2 is 1.72 bits per heavy atom. The molecule has 0 atom stereocenters. The zero-order valence-corrected chi connectivity index (χ0v) is 10.6. The molecule has 6 nitrogen and oxygen atoms in total. The zero-order chi connectivity index (χ0) is 13.2. The van der Waals surface area contributed by atoms with Gasteiger partial charge in [0, 0.05) is 32.2 Å². The van der Waals surface area contributed by atoms with Gasteiger partial charge in [0.1, 0.15) is 0 Å². The number of amides is 2. The van der Waals surface area contributed by atoms with Crippen molar-refractivity contribution in [3.8, 4) is 0 Å². The van der Waals surface area contributed by atoms with Crippen LogP contribution < -0.4 is 11.5 Å². The molecule has 0 unspecified atom stereocenters. The van der Waals surface area contributed by atoms with Crippen molar-refractivity contribution in [2.75, 3.05) is 26.3 Å². The fourth-order valence-corrected chi connectivity index (χ4v) is 2.63. The van der Waals surface area contributed by atoms with Crippen molar-refractivity contribution in [2.45, 2.75) is 31.2 Å². The second-order valence-electron chi connectivity index (χ2n) is 5.24. The summed E-state index contributed by atoms with van der Waals surface area (Å²) in [4.78, 5) is 25.2. The number of nitrogens with two attached hydrogens (primary N) is 2. The van der Waals surface area contributed by atoms with Crippen LogP contribution in [0.25, 0.3) is 0 Å². The molecule has 2 saturated heterocycles. The highest BCUT2D eigenvalue weighted by atomic mass is 16.5. The lowest BCUT2D eigenvalue weighted by Gasteiger charge is -2.39. The molecule has 0 saturated carbocycles. The molecule has 2 heterocycles. The second-order valence-corrected chi connectivity index (χ2v) is 5.24. The molecule has 0 aromatic carbocycles.